The molecule has 0 fully saturated rings. The zero-order chi connectivity index (χ0) is 12.3. The van der Waals surface area contributed by atoms with Crippen LogP contribution in [0.2, 0.25) is 0 Å². The second-order valence-electron chi connectivity index (χ2n) is 3.90. The number of pyridine rings is 2. The normalized spacial score (nSPS) is 10.5. The number of aryl methyl sites for hydroxylation is 1. The Kier molecular flexibility index (Phi) is 3.44. The topological polar surface area (TPSA) is 51.8 Å². The summed E-state index contributed by atoms with van der Waals surface area (Å²) < 4.78 is 13.9. The van der Waals surface area contributed by atoms with Crippen LogP contribution in [0.1, 0.15) is 11.3 Å². The summed E-state index contributed by atoms with van der Waals surface area (Å²) in [5.41, 5.74) is 8.18. The molecule has 0 unspecified atom stereocenters. The first kappa shape index (κ1) is 11.7. The molecule has 0 aliphatic heterocycles. The maximum atomic E-state index is 13.9. The lowest BCUT2D eigenvalue weighted by atomic mass is 10.1. The summed E-state index contributed by atoms with van der Waals surface area (Å²) in [5.74, 6) is -0.318. The van der Waals surface area contributed by atoms with E-state index in [9.17, 15) is 4.39 Å². The van der Waals surface area contributed by atoms with Crippen molar-refractivity contribution in [3.8, 4) is 11.3 Å². The van der Waals surface area contributed by atoms with Gasteiger partial charge >= 0.3 is 0 Å². The number of nitrogens with two attached hydrogens (primary N) is 1. The number of hydrogen-bond donors (Lipinski definition) is 1. The molecule has 0 amide bonds. The molecule has 0 saturated heterocycles. The lowest BCUT2D eigenvalue weighted by Crippen LogP contribution is -2.04. The van der Waals surface area contributed by atoms with E-state index in [2.05, 4.69) is 9.97 Å². The molecule has 3 nitrogen and oxygen atoms in total. The molecular formula is C13H14FN3. The fourth-order valence-corrected chi connectivity index (χ4v) is 1.69. The molecule has 2 N–H and O–H groups in total. The van der Waals surface area contributed by atoms with E-state index >= 15 is 0 Å². The Balaban J connectivity index is 2.39. The highest BCUT2D eigenvalue weighted by molar-refractivity contribution is 5.59. The molecule has 2 aromatic rings. The lowest BCUT2D eigenvalue weighted by Gasteiger charge is -2.05. The highest BCUT2D eigenvalue weighted by Gasteiger charge is 2.08. The molecule has 2 heterocycles. The van der Waals surface area contributed by atoms with E-state index in [0.29, 0.717) is 18.7 Å². The Morgan fingerprint density at radius 3 is 2.76 bits per heavy atom. The third-order valence-electron chi connectivity index (χ3n) is 2.50. The second kappa shape index (κ2) is 5.01. The third-order valence-corrected chi connectivity index (χ3v) is 2.50. The van der Waals surface area contributed by atoms with Gasteiger partial charge in [0.05, 0.1) is 0 Å². The van der Waals surface area contributed by atoms with E-state index in [4.69, 9.17) is 5.73 Å². The predicted molar refractivity (Wildman–Crippen MR) is 64.9 cm³/mol. The Labute approximate surface area is 99.5 Å². The molecule has 0 radical (unpaired) electrons. The summed E-state index contributed by atoms with van der Waals surface area (Å²) in [6.45, 7) is 2.36. The van der Waals surface area contributed by atoms with Gasteiger partial charge in [-0.2, -0.15) is 0 Å². The van der Waals surface area contributed by atoms with Gasteiger partial charge in [-0.05, 0) is 43.7 Å². The number of hydrogen-bond acceptors (Lipinski definition) is 3. The second-order valence-corrected chi connectivity index (χ2v) is 3.90. The van der Waals surface area contributed by atoms with Crippen LogP contribution in [-0.4, -0.2) is 16.5 Å². The Bertz CT molecular complexity index is 526. The molecule has 0 spiro atoms. The van der Waals surface area contributed by atoms with Crippen molar-refractivity contribution >= 4 is 0 Å². The van der Waals surface area contributed by atoms with Crippen molar-refractivity contribution in [3.63, 3.8) is 0 Å². The maximum absolute atomic E-state index is 13.9. The van der Waals surface area contributed by atoms with Crippen molar-refractivity contribution in [1.82, 2.24) is 9.97 Å². The van der Waals surface area contributed by atoms with E-state index in [-0.39, 0.29) is 5.82 Å². The number of rotatable bonds is 3. The largest absolute Gasteiger partial charge is 0.330 e. The monoisotopic (exact) mass is 231 g/mol. The van der Waals surface area contributed by atoms with Gasteiger partial charge in [0.25, 0.3) is 0 Å². The van der Waals surface area contributed by atoms with Crippen molar-refractivity contribution in [3.05, 3.63) is 47.7 Å². The van der Waals surface area contributed by atoms with Crippen molar-refractivity contribution in [2.45, 2.75) is 13.3 Å². The summed E-state index contributed by atoms with van der Waals surface area (Å²) in [5, 5.41) is 0. The first-order valence-corrected chi connectivity index (χ1v) is 5.48. The highest BCUT2D eigenvalue weighted by Crippen LogP contribution is 2.21. The van der Waals surface area contributed by atoms with Crippen LogP contribution in [0.4, 0.5) is 4.39 Å². The standard InChI is InChI=1S/C13H14FN3/c1-9-6-11(3-5-16-9)13-12(14)7-10(2-4-15)8-17-13/h3,5-8H,2,4,15H2,1H3. The van der Waals surface area contributed by atoms with Crippen LogP contribution in [0, 0.1) is 12.7 Å². The van der Waals surface area contributed by atoms with E-state index in [0.717, 1.165) is 16.8 Å². The van der Waals surface area contributed by atoms with Gasteiger partial charge in [-0.1, -0.05) is 0 Å². The van der Waals surface area contributed by atoms with Crippen LogP contribution in [0.5, 0.6) is 0 Å². The Morgan fingerprint density at radius 2 is 2.12 bits per heavy atom. The van der Waals surface area contributed by atoms with Gasteiger partial charge in [-0.3, -0.25) is 9.97 Å². The molecule has 4 heteroatoms. The first-order chi connectivity index (χ1) is 8.20. The van der Waals surface area contributed by atoms with E-state index < -0.39 is 0 Å². The average Bonchev–Trinajstić information content (AvgIpc) is 2.29. The van der Waals surface area contributed by atoms with Gasteiger partial charge in [-0.25, -0.2) is 4.39 Å². The van der Waals surface area contributed by atoms with E-state index in [1.165, 1.54) is 6.07 Å². The third kappa shape index (κ3) is 2.65. The highest BCUT2D eigenvalue weighted by atomic mass is 19.1. The number of aromatic nitrogens is 2. The fourth-order valence-electron chi connectivity index (χ4n) is 1.69. The molecule has 88 valence electrons. The van der Waals surface area contributed by atoms with E-state index in [1.54, 1.807) is 18.5 Å². The van der Waals surface area contributed by atoms with Crippen LogP contribution in [0.25, 0.3) is 11.3 Å². The molecule has 2 aromatic heterocycles. The summed E-state index contributed by atoms with van der Waals surface area (Å²) >= 11 is 0. The van der Waals surface area contributed by atoms with Crippen LogP contribution in [0.15, 0.2) is 30.6 Å². The van der Waals surface area contributed by atoms with Crippen molar-refractivity contribution in [2.24, 2.45) is 5.73 Å². The quantitative estimate of drug-likeness (QED) is 0.880. The lowest BCUT2D eigenvalue weighted by molar-refractivity contribution is 0.622. The molecule has 0 aliphatic rings. The smallest absolute Gasteiger partial charge is 0.149 e. The van der Waals surface area contributed by atoms with Crippen LogP contribution >= 0.6 is 0 Å². The minimum atomic E-state index is -0.318. The zero-order valence-corrected chi connectivity index (χ0v) is 9.65. The Hall–Kier alpha value is -1.81. The van der Waals surface area contributed by atoms with Gasteiger partial charge in [-0.15, -0.1) is 0 Å². The zero-order valence-electron chi connectivity index (χ0n) is 9.65. The maximum Gasteiger partial charge on any atom is 0.149 e. The SMILES string of the molecule is Cc1cc(-c2ncc(CCN)cc2F)ccn1. The number of nitrogens with zero attached hydrogens (tertiary/aromatic N) is 2. The van der Waals surface area contributed by atoms with Crippen molar-refractivity contribution < 1.29 is 4.39 Å². The summed E-state index contributed by atoms with van der Waals surface area (Å²) in [7, 11) is 0. The minimum Gasteiger partial charge on any atom is -0.330 e. The molecule has 0 aromatic carbocycles. The molecule has 0 bridgehead atoms. The van der Waals surface area contributed by atoms with Crippen molar-refractivity contribution in [2.75, 3.05) is 6.54 Å². The fraction of sp³-hybridized carbons (Fsp3) is 0.231. The predicted octanol–water partition coefficient (Wildman–Crippen LogP) is 2.09. The molecule has 0 aliphatic carbocycles. The minimum absolute atomic E-state index is 0.318. The van der Waals surface area contributed by atoms with Gasteiger partial charge in [0.2, 0.25) is 0 Å². The van der Waals surface area contributed by atoms with Gasteiger partial charge in [0.15, 0.2) is 0 Å². The van der Waals surface area contributed by atoms with Gasteiger partial charge in [0, 0.05) is 23.7 Å². The number of halogens is 1. The summed E-state index contributed by atoms with van der Waals surface area (Å²) in [4.78, 5) is 8.23. The van der Waals surface area contributed by atoms with Crippen LogP contribution in [-0.2, 0) is 6.42 Å². The van der Waals surface area contributed by atoms with Gasteiger partial charge in [0.1, 0.15) is 11.5 Å². The average molecular weight is 231 g/mol. The molecule has 17 heavy (non-hydrogen) atoms. The van der Waals surface area contributed by atoms with Crippen LogP contribution < -0.4 is 5.73 Å². The molecule has 2 rings (SSSR count). The van der Waals surface area contributed by atoms with Crippen LogP contribution in [0.3, 0.4) is 0 Å². The van der Waals surface area contributed by atoms with E-state index in [1.807, 2.05) is 13.0 Å². The summed E-state index contributed by atoms with van der Waals surface area (Å²) in [6.07, 6.45) is 3.96. The van der Waals surface area contributed by atoms with Gasteiger partial charge < -0.3 is 5.73 Å². The molecule has 0 atom stereocenters. The first-order valence-electron chi connectivity index (χ1n) is 5.48. The summed E-state index contributed by atoms with van der Waals surface area (Å²) in [6, 6.07) is 5.06. The van der Waals surface area contributed by atoms with Crippen molar-refractivity contribution in [1.29, 1.82) is 0 Å². The Morgan fingerprint density at radius 1 is 1.29 bits per heavy atom. The molecular weight excluding hydrogens is 217 g/mol. The molecule has 0 saturated carbocycles.